The molecule has 32 heavy (non-hydrogen) atoms. The van der Waals surface area contributed by atoms with E-state index in [1.807, 2.05) is 13.8 Å². The highest BCUT2D eigenvalue weighted by Crippen LogP contribution is 2.22. The zero-order valence-electron chi connectivity index (χ0n) is 18.3. The maximum absolute atomic E-state index is 13.2. The van der Waals surface area contributed by atoms with Crippen molar-refractivity contribution in [1.82, 2.24) is 14.5 Å². The molecule has 0 fully saturated rings. The van der Waals surface area contributed by atoms with Crippen LogP contribution in [0.1, 0.15) is 55.6 Å². The van der Waals surface area contributed by atoms with Gasteiger partial charge >= 0.3 is 5.69 Å². The third kappa shape index (κ3) is 4.86. The first-order valence-corrected chi connectivity index (χ1v) is 10.4. The number of carbonyl (C=O) groups excluding carboxylic acids is 1. The number of fused-ring (bicyclic) bond motifs is 1. The van der Waals surface area contributed by atoms with Crippen molar-refractivity contribution in [2.75, 3.05) is 11.9 Å². The monoisotopic (exact) mass is 435 g/mol. The van der Waals surface area contributed by atoms with Gasteiger partial charge in [0.15, 0.2) is 5.65 Å². The van der Waals surface area contributed by atoms with Gasteiger partial charge in [0.25, 0.3) is 11.5 Å². The van der Waals surface area contributed by atoms with Gasteiger partial charge in [0.1, 0.15) is 5.75 Å². The average Bonchev–Trinajstić information content (AvgIpc) is 2.76. The highest BCUT2D eigenvalue weighted by Gasteiger charge is 2.20. The van der Waals surface area contributed by atoms with E-state index >= 15 is 0 Å². The van der Waals surface area contributed by atoms with Crippen LogP contribution in [-0.4, -0.2) is 27.0 Å². The Labute approximate surface area is 184 Å². The van der Waals surface area contributed by atoms with Gasteiger partial charge in [-0.1, -0.05) is 19.9 Å². The molecule has 0 aliphatic carbocycles. The lowest BCUT2D eigenvalue weighted by molar-refractivity contribution is 0.102. The van der Waals surface area contributed by atoms with Gasteiger partial charge in [-0.15, -0.1) is 0 Å². The number of anilines is 1. The summed E-state index contributed by atoms with van der Waals surface area (Å²) in [5, 5.41) is 11.5. The van der Waals surface area contributed by atoms with Gasteiger partial charge < -0.3 is 10.1 Å². The molecule has 0 spiro atoms. The SMILES string of the molecule is CCn1c(=O)[nH]c(=O)c2c(C(=O)Nc3cccc(OCCCC#N)c3)cc(C(C)C)nc21. The van der Waals surface area contributed by atoms with Gasteiger partial charge in [0.2, 0.25) is 0 Å². The van der Waals surface area contributed by atoms with Gasteiger partial charge in [-0.25, -0.2) is 9.78 Å². The number of pyridine rings is 1. The smallest absolute Gasteiger partial charge is 0.329 e. The van der Waals surface area contributed by atoms with Crippen molar-refractivity contribution in [1.29, 1.82) is 5.26 Å². The predicted octanol–water partition coefficient (Wildman–Crippen LogP) is 3.16. The highest BCUT2D eigenvalue weighted by atomic mass is 16.5. The number of nitrogens with one attached hydrogen (secondary N) is 2. The fourth-order valence-electron chi connectivity index (χ4n) is 3.26. The van der Waals surface area contributed by atoms with E-state index in [1.165, 1.54) is 4.57 Å². The second-order valence-corrected chi connectivity index (χ2v) is 7.54. The van der Waals surface area contributed by atoms with Crippen LogP contribution in [0.4, 0.5) is 5.69 Å². The fourth-order valence-corrected chi connectivity index (χ4v) is 3.26. The number of hydrogen-bond acceptors (Lipinski definition) is 6. The molecule has 3 rings (SSSR count). The topological polar surface area (TPSA) is 130 Å². The van der Waals surface area contributed by atoms with Crippen molar-refractivity contribution in [2.45, 2.75) is 46.1 Å². The molecule has 0 aliphatic rings. The summed E-state index contributed by atoms with van der Waals surface area (Å²) < 4.78 is 6.96. The van der Waals surface area contributed by atoms with Crippen LogP contribution in [0.15, 0.2) is 39.9 Å². The Hall–Kier alpha value is -3.93. The summed E-state index contributed by atoms with van der Waals surface area (Å²) in [5.41, 5.74) is 0.200. The molecule has 0 bridgehead atoms. The summed E-state index contributed by atoms with van der Waals surface area (Å²) in [4.78, 5) is 44.8. The molecule has 0 aliphatic heterocycles. The molecule has 166 valence electrons. The quantitative estimate of drug-likeness (QED) is 0.523. The first-order valence-electron chi connectivity index (χ1n) is 10.4. The molecule has 9 nitrogen and oxygen atoms in total. The normalized spacial score (nSPS) is 10.8. The minimum Gasteiger partial charge on any atom is -0.493 e. The van der Waals surface area contributed by atoms with Gasteiger partial charge in [0, 0.05) is 30.4 Å². The Morgan fingerprint density at radius 3 is 2.78 bits per heavy atom. The molecular weight excluding hydrogens is 410 g/mol. The van der Waals surface area contributed by atoms with Crippen LogP contribution in [-0.2, 0) is 6.54 Å². The summed E-state index contributed by atoms with van der Waals surface area (Å²) >= 11 is 0. The second kappa shape index (κ2) is 9.92. The average molecular weight is 435 g/mol. The number of aromatic nitrogens is 3. The molecule has 0 atom stereocenters. The highest BCUT2D eigenvalue weighted by molar-refractivity contribution is 6.11. The number of H-pyrrole nitrogens is 1. The molecule has 0 unspecified atom stereocenters. The third-order valence-electron chi connectivity index (χ3n) is 4.91. The molecule has 2 N–H and O–H groups in total. The fraction of sp³-hybridized carbons (Fsp3) is 0.348. The number of ether oxygens (including phenoxy) is 1. The number of benzene rings is 1. The Morgan fingerprint density at radius 2 is 2.09 bits per heavy atom. The lowest BCUT2D eigenvalue weighted by Gasteiger charge is -2.14. The van der Waals surface area contributed by atoms with E-state index in [0.29, 0.717) is 43.1 Å². The predicted molar refractivity (Wildman–Crippen MR) is 121 cm³/mol. The van der Waals surface area contributed by atoms with E-state index in [9.17, 15) is 14.4 Å². The molecule has 3 aromatic rings. The van der Waals surface area contributed by atoms with E-state index < -0.39 is 17.2 Å². The summed E-state index contributed by atoms with van der Waals surface area (Å²) in [6.07, 6.45) is 1.01. The first kappa shape index (κ1) is 22.7. The molecule has 0 saturated carbocycles. The molecular formula is C23H25N5O4. The minimum atomic E-state index is -0.655. The summed E-state index contributed by atoms with van der Waals surface area (Å²) in [6, 6.07) is 10.5. The van der Waals surface area contributed by atoms with Gasteiger partial charge in [-0.05, 0) is 37.5 Å². The Bertz CT molecular complexity index is 1300. The maximum Gasteiger partial charge on any atom is 0.329 e. The molecule has 2 heterocycles. The number of rotatable bonds is 8. The van der Waals surface area contributed by atoms with E-state index in [2.05, 4.69) is 21.4 Å². The third-order valence-corrected chi connectivity index (χ3v) is 4.91. The van der Waals surface area contributed by atoms with Crippen molar-refractivity contribution in [3.8, 4) is 11.8 Å². The lowest BCUT2D eigenvalue weighted by Crippen LogP contribution is -2.32. The molecule has 1 aromatic carbocycles. The van der Waals surface area contributed by atoms with Crippen molar-refractivity contribution in [2.24, 2.45) is 0 Å². The van der Waals surface area contributed by atoms with Crippen molar-refractivity contribution < 1.29 is 9.53 Å². The van der Waals surface area contributed by atoms with Crippen LogP contribution in [0.5, 0.6) is 5.75 Å². The van der Waals surface area contributed by atoms with Crippen LogP contribution < -0.4 is 21.3 Å². The van der Waals surface area contributed by atoms with Crippen LogP contribution in [0.2, 0.25) is 0 Å². The largest absolute Gasteiger partial charge is 0.493 e. The number of carbonyl (C=O) groups is 1. The number of unbranched alkanes of at least 4 members (excludes halogenated alkanes) is 1. The van der Waals surface area contributed by atoms with Crippen molar-refractivity contribution >= 4 is 22.6 Å². The lowest BCUT2D eigenvalue weighted by atomic mass is 10.0. The van der Waals surface area contributed by atoms with Crippen LogP contribution >= 0.6 is 0 Å². The van der Waals surface area contributed by atoms with E-state index in [1.54, 1.807) is 37.3 Å². The Morgan fingerprint density at radius 1 is 1.31 bits per heavy atom. The zero-order valence-corrected chi connectivity index (χ0v) is 18.3. The summed E-state index contributed by atoms with van der Waals surface area (Å²) in [5.74, 6) is 0.0457. The maximum atomic E-state index is 13.2. The van der Waals surface area contributed by atoms with Crippen molar-refractivity contribution in [3.05, 3.63) is 62.4 Å². The van der Waals surface area contributed by atoms with E-state index in [0.717, 1.165) is 0 Å². The molecule has 0 saturated heterocycles. The van der Waals surface area contributed by atoms with Crippen LogP contribution in [0.3, 0.4) is 0 Å². The van der Waals surface area contributed by atoms with Gasteiger partial charge in [-0.3, -0.25) is 19.1 Å². The summed E-state index contributed by atoms with van der Waals surface area (Å²) in [6.45, 7) is 6.30. The zero-order chi connectivity index (χ0) is 23.3. The molecule has 0 radical (unpaired) electrons. The Balaban J connectivity index is 2.01. The Kier molecular flexibility index (Phi) is 7.05. The molecule has 2 aromatic heterocycles. The molecule has 1 amide bonds. The number of nitriles is 1. The van der Waals surface area contributed by atoms with Crippen molar-refractivity contribution in [3.63, 3.8) is 0 Å². The second-order valence-electron chi connectivity index (χ2n) is 7.54. The van der Waals surface area contributed by atoms with E-state index in [4.69, 9.17) is 10.00 Å². The number of aromatic amines is 1. The van der Waals surface area contributed by atoms with Crippen LogP contribution in [0, 0.1) is 11.3 Å². The number of hydrogen-bond donors (Lipinski definition) is 2. The van der Waals surface area contributed by atoms with Crippen LogP contribution in [0.25, 0.3) is 11.0 Å². The first-order chi connectivity index (χ1) is 15.3. The number of amides is 1. The standard InChI is InChI=1S/C23H25N5O4/c1-4-28-20-19(22(30)27-23(28)31)17(13-18(26-20)14(2)3)21(29)25-15-8-7-9-16(12-15)32-11-6-5-10-24/h7-9,12-14H,4-6,11H2,1-3H3,(H,25,29)(H,27,30,31). The number of aryl methyl sites for hydroxylation is 1. The number of nitrogens with zero attached hydrogens (tertiary/aromatic N) is 3. The summed E-state index contributed by atoms with van der Waals surface area (Å²) in [7, 11) is 0. The van der Waals surface area contributed by atoms with Gasteiger partial charge in [0.05, 0.1) is 23.6 Å². The minimum absolute atomic E-state index is 0.0178. The van der Waals surface area contributed by atoms with E-state index in [-0.39, 0.29) is 22.5 Å². The van der Waals surface area contributed by atoms with Gasteiger partial charge in [-0.2, -0.15) is 5.26 Å². The molecule has 9 heteroatoms.